The van der Waals surface area contributed by atoms with Crippen molar-refractivity contribution in [3.05, 3.63) is 35.6 Å². The third-order valence-electron chi connectivity index (χ3n) is 4.41. The first-order valence-corrected chi connectivity index (χ1v) is 7.22. The van der Waals surface area contributed by atoms with E-state index in [1.165, 1.54) is 6.07 Å². The van der Waals surface area contributed by atoms with Gasteiger partial charge in [0.2, 0.25) is 0 Å². The molecule has 2 aliphatic heterocycles. The zero-order chi connectivity index (χ0) is 15.0. The lowest BCUT2D eigenvalue weighted by Crippen LogP contribution is -2.54. The molecule has 4 atom stereocenters. The Labute approximate surface area is 123 Å². The fourth-order valence-electron chi connectivity index (χ4n) is 3.39. The van der Waals surface area contributed by atoms with E-state index in [0.717, 1.165) is 0 Å². The molecule has 1 aromatic rings. The molecule has 0 radical (unpaired) electrons. The number of fused-ring (bicyclic) bond motifs is 1. The lowest BCUT2D eigenvalue weighted by molar-refractivity contribution is -0.109. The largest absolute Gasteiger partial charge is 0.477 e. The van der Waals surface area contributed by atoms with E-state index in [9.17, 15) is 8.78 Å². The predicted octanol–water partition coefficient (Wildman–Crippen LogP) is 3.23. The van der Waals surface area contributed by atoms with E-state index >= 15 is 0 Å². The molecule has 3 rings (SSSR count). The van der Waals surface area contributed by atoms with Crippen LogP contribution < -0.4 is 0 Å². The molecule has 1 aromatic carbocycles. The minimum Gasteiger partial charge on any atom is -0.477 e. The van der Waals surface area contributed by atoms with E-state index in [0.29, 0.717) is 18.9 Å². The van der Waals surface area contributed by atoms with Crippen molar-refractivity contribution in [1.82, 2.24) is 0 Å². The lowest BCUT2D eigenvalue weighted by atomic mass is 9.73. The summed E-state index contributed by atoms with van der Waals surface area (Å²) in [5.41, 5.74) is -0.971. The van der Waals surface area contributed by atoms with Crippen molar-refractivity contribution in [2.75, 3.05) is 13.3 Å². The average molecular weight is 295 g/mol. The Bertz CT molecular complexity index is 563. The third-order valence-corrected chi connectivity index (χ3v) is 4.41. The van der Waals surface area contributed by atoms with Crippen LogP contribution in [-0.2, 0) is 15.0 Å². The van der Waals surface area contributed by atoms with Crippen LogP contribution in [-0.4, -0.2) is 31.4 Å². The smallest absolute Gasteiger partial charge is 0.181 e. The van der Waals surface area contributed by atoms with E-state index in [2.05, 4.69) is 4.99 Å². The maximum Gasteiger partial charge on any atom is 0.181 e. The van der Waals surface area contributed by atoms with Crippen LogP contribution in [0.25, 0.3) is 0 Å². The number of hydrogen-bond donors (Lipinski definition) is 0. The number of rotatable bonds is 2. The number of halogens is 2. The Kier molecular flexibility index (Phi) is 3.69. The molecule has 0 saturated carbocycles. The van der Waals surface area contributed by atoms with E-state index in [1.54, 1.807) is 25.1 Å². The second-order valence-corrected chi connectivity index (χ2v) is 5.81. The molecule has 0 amide bonds. The Morgan fingerprint density at radius 2 is 2.14 bits per heavy atom. The van der Waals surface area contributed by atoms with Crippen molar-refractivity contribution in [2.45, 2.75) is 38.0 Å². The van der Waals surface area contributed by atoms with Crippen LogP contribution in [0.3, 0.4) is 0 Å². The lowest BCUT2D eigenvalue weighted by Gasteiger charge is -2.47. The van der Waals surface area contributed by atoms with Gasteiger partial charge in [0.15, 0.2) is 5.90 Å². The van der Waals surface area contributed by atoms with Gasteiger partial charge in [0, 0.05) is 18.9 Å². The molecule has 0 spiro atoms. The van der Waals surface area contributed by atoms with Gasteiger partial charge in [-0.25, -0.2) is 13.8 Å². The topological polar surface area (TPSA) is 30.8 Å². The molecular formula is C16H19F2NO2. The van der Waals surface area contributed by atoms with Gasteiger partial charge < -0.3 is 9.47 Å². The molecule has 1 saturated heterocycles. The summed E-state index contributed by atoms with van der Waals surface area (Å²) in [6, 6.07) is 6.25. The molecular weight excluding hydrogens is 276 g/mol. The van der Waals surface area contributed by atoms with E-state index < -0.39 is 18.0 Å². The SMILES string of the molecule is CC1=N[C@](CF)(c2ccccc2F)[C@H]2CO[C@H](C)C[C@H]2O1. The molecule has 114 valence electrons. The van der Waals surface area contributed by atoms with Crippen molar-refractivity contribution in [2.24, 2.45) is 10.9 Å². The molecule has 0 N–H and O–H groups in total. The highest BCUT2D eigenvalue weighted by molar-refractivity contribution is 5.75. The van der Waals surface area contributed by atoms with Crippen molar-refractivity contribution in [1.29, 1.82) is 0 Å². The second-order valence-electron chi connectivity index (χ2n) is 5.81. The summed E-state index contributed by atoms with van der Waals surface area (Å²) in [6.07, 6.45) is 0.518. The second kappa shape index (κ2) is 5.37. The van der Waals surface area contributed by atoms with Gasteiger partial charge in [-0.2, -0.15) is 0 Å². The predicted molar refractivity (Wildman–Crippen MR) is 75.6 cm³/mol. The van der Waals surface area contributed by atoms with Crippen LogP contribution in [0.15, 0.2) is 29.3 Å². The zero-order valence-electron chi connectivity index (χ0n) is 12.2. The molecule has 2 aliphatic rings. The first-order valence-electron chi connectivity index (χ1n) is 7.22. The van der Waals surface area contributed by atoms with Gasteiger partial charge in [0.25, 0.3) is 0 Å². The summed E-state index contributed by atoms with van der Waals surface area (Å²) in [7, 11) is 0. The molecule has 21 heavy (non-hydrogen) atoms. The van der Waals surface area contributed by atoms with Gasteiger partial charge in [-0.3, -0.25) is 0 Å². The van der Waals surface area contributed by atoms with Crippen molar-refractivity contribution in [3.8, 4) is 0 Å². The summed E-state index contributed by atoms with van der Waals surface area (Å²) in [5.74, 6) is -0.350. The third kappa shape index (κ3) is 2.33. The van der Waals surface area contributed by atoms with E-state index in [1.807, 2.05) is 6.92 Å². The molecule has 0 unspecified atom stereocenters. The van der Waals surface area contributed by atoms with Gasteiger partial charge in [0.1, 0.15) is 24.1 Å². The Hall–Kier alpha value is -1.49. The summed E-state index contributed by atoms with van der Waals surface area (Å²) in [6.45, 7) is 3.21. The number of nitrogens with zero attached hydrogens (tertiary/aromatic N) is 1. The van der Waals surface area contributed by atoms with Crippen LogP contribution in [0.1, 0.15) is 25.8 Å². The number of ether oxygens (including phenoxy) is 2. The monoisotopic (exact) mass is 295 g/mol. The maximum absolute atomic E-state index is 14.3. The molecule has 0 aromatic heterocycles. The molecule has 0 bridgehead atoms. The normalized spacial score (nSPS) is 35.6. The standard InChI is InChI=1S/C16H19F2NO2/c1-10-7-15-13(8-20-10)16(9-17,19-11(2)21-15)12-5-3-4-6-14(12)18/h3-6,10,13,15H,7-9H2,1-2H3/t10-,13+,15-,16-/m1/s1. The maximum atomic E-state index is 14.3. The van der Waals surface area contributed by atoms with Crippen molar-refractivity contribution >= 4 is 5.90 Å². The van der Waals surface area contributed by atoms with Crippen LogP contribution in [0.5, 0.6) is 0 Å². The molecule has 0 aliphatic carbocycles. The van der Waals surface area contributed by atoms with Gasteiger partial charge in [-0.1, -0.05) is 18.2 Å². The van der Waals surface area contributed by atoms with Crippen LogP contribution >= 0.6 is 0 Å². The first-order chi connectivity index (χ1) is 10.1. The number of hydrogen-bond acceptors (Lipinski definition) is 3. The summed E-state index contributed by atoms with van der Waals surface area (Å²) in [5, 5.41) is 0. The van der Waals surface area contributed by atoms with Gasteiger partial charge >= 0.3 is 0 Å². The van der Waals surface area contributed by atoms with Gasteiger partial charge in [-0.05, 0) is 13.0 Å². The summed E-state index contributed by atoms with van der Waals surface area (Å²) < 4.78 is 39.7. The molecule has 2 heterocycles. The minimum atomic E-state index is -1.25. The summed E-state index contributed by atoms with van der Waals surface area (Å²) >= 11 is 0. The highest BCUT2D eigenvalue weighted by Crippen LogP contribution is 2.45. The van der Waals surface area contributed by atoms with E-state index in [-0.39, 0.29) is 23.7 Å². The Morgan fingerprint density at radius 1 is 1.38 bits per heavy atom. The van der Waals surface area contributed by atoms with Crippen molar-refractivity contribution in [3.63, 3.8) is 0 Å². The average Bonchev–Trinajstić information content (AvgIpc) is 2.46. The van der Waals surface area contributed by atoms with Gasteiger partial charge in [0.05, 0.1) is 18.6 Å². The van der Waals surface area contributed by atoms with Gasteiger partial charge in [-0.15, -0.1) is 0 Å². The minimum absolute atomic E-state index is 0.0510. The molecule has 3 nitrogen and oxygen atoms in total. The van der Waals surface area contributed by atoms with Crippen LogP contribution in [0, 0.1) is 11.7 Å². The highest BCUT2D eigenvalue weighted by atomic mass is 19.1. The summed E-state index contributed by atoms with van der Waals surface area (Å²) in [4.78, 5) is 4.37. The molecule has 5 heteroatoms. The zero-order valence-corrected chi connectivity index (χ0v) is 12.2. The van der Waals surface area contributed by atoms with Crippen LogP contribution in [0.2, 0.25) is 0 Å². The van der Waals surface area contributed by atoms with Crippen LogP contribution in [0.4, 0.5) is 8.78 Å². The van der Waals surface area contributed by atoms with E-state index in [4.69, 9.17) is 9.47 Å². The first kappa shape index (κ1) is 14.4. The van der Waals surface area contributed by atoms with Crippen molar-refractivity contribution < 1.29 is 18.3 Å². The Morgan fingerprint density at radius 3 is 2.86 bits per heavy atom. The fourth-order valence-corrected chi connectivity index (χ4v) is 3.39. The molecule has 1 fully saturated rings. The Balaban J connectivity index is 2.11. The number of alkyl halides is 1. The quantitative estimate of drug-likeness (QED) is 0.838. The highest BCUT2D eigenvalue weighted by Gasteiger charge is 2.52. The fraction of sp³-hybridized carbons (Fsp3) is 0.562. The number of benzene rings is 1. The number of aliphatic imine (C=N–C) groups is 1.